The van der Waals surface area contributed by atoms with Crippen LogP contribution in [0.25, 0.3) is 0 Å². The van der Waals surface area contributed by atoms with Crippen LogP contribution in [-0.4, -0.2) is 28.6 Å². The second kappa shape index (κ2) is 5.66. The van der Waals surface area contributed by atoms with Gasteiger partial charge in [-0.2, -0.15) is 23.5 Å². The fourth-order valence-electron chi connectivity index (χ4n) is 2.55. The van der Waals surface area contributed by atoms with Crippen LogP contribution in [0.1, 0.15) is 32.1 Å². The summed E-state index contributed by atoms with van der Waals surface area (Å²) in [6.45, 7) is 0. The molecule has 0 bridgehead atoms. The van der Waals surface area contributed by atoms with E-state index in [1.807, 2.05) is 0 Å². The molecule has 1 aliphatic carbocycles. The summed E-state index contributed by atoms with van der Waals surface area (Å²) in [5.41, 5.74) is 6.39. The predicted octanol–water partition coefficient (Wildman–Crippen LogP) is 2.74. The van der Waals surface area contributed by atoms with Crippen LogP contribution in [0.3, 0.4) is 0 Å². The third-order valence-corrected chi connectivity index (χ3v) is 6.37. The fourth-order valence-corrected chi connectivity index (χ4v) is 5.45. The first-order valence-corrected chi connectivity index (χ1v) is 8.03. The molecule has 0 aromatic heterocycles. The zero-order valence-corrected chi connectivity index (χ0v) is 10.4. The van der Waals surface area contributed by atoms with E-state index in [0.29, 0.717) is 6.04 Å². The molecule has 0 aromatic rings. The standard InChI is InChI=1S/C11H21NS2/c12-11(9-4-2-1-3-5-9)10-8-13-6-7-14-10/h9-11H,1-8,12H2. The Morgan fingerprint density at radius 1 is 1.07 bits per heavy atom. The fraction of sp³-hybridized carbons (Fsp3) is 1.00. The molecular weight excluding hydrogens is 210 g/mol. The Balaban J connectivity index is 1.82. The molecule has 2 fully saturated rings. The van der Waals surface area contributed by atoms with E-state index < -0.39 is 0 Å². The Hall–Kier alpha value is 0.660. The summed E-state index contributed by atoms with van der Waals surface area (Å²) in [6.07, 6.45) is 7.06. The first-order chi connectivity index (χ1) is 6.88. The predicted molar refractivity (Wildman–Crippen MR) is 68.1 cm³/mol. The molecule has 1 nitrogen and oxygen atoms in total. The van der Waals surface area contributed by atoms with Crippen LogP contribution < -0.4 is 5.73 Å². The summed E-state index contributed by atoms with van der Waals surface area (Å²) >= 11 is 4.21. The molecule has 1 saturated heterocycles. The van der Waals surface area contributed by atoms with E-state index in [-0.39, 0.29) is 0 Å². The maximum absolute atomic E-state index is 6.39. The first-order valence-electron chi connectivity index (χ1n) is 5.83. The van der Waals surface area contributed by atoms with E-state index in [0.717, 1.165) is 11.2 Å². The van der Waals surface area contributed by atoms with Crippen molar-refractivity contribution in [2.24, 2.45) is 11.7 Å². The molecule has 2 N–H and O–H groups in total. The minimum absolute atomic E-state index is 0.480. The number of hydrogen-bond acceptors (Lipinski definition) is 3. The lowest BCUT2D eigenvalue weighted by Crippen LogP contribution is -2.43. The largest absolute Gasteiger partial charge is 0.326 e. The summed E-state index contributed by atoms with van der Waals surface area (Å²) in [6, 6.07) is 0.480. The van der Waals surface area contributed by atoms with Gasteiger partial charge in [0, 0.05) is 28.6 Å². The van der Waals surface area contributed by atoms with Gasteiger partial charge in [-0.25, -0.2) is 0 Å². The van der Waals surface area contributed by atoms with Crippen molar-refractivity contribution < 1.29 is 0 Å². The van der Waals surface area contributed by atoms with Gasteiger partial charge in [0.25, 0.3) is 0 Å². The van der Waals surface area contributed by atoms with Crippen molar-refractivity contribution >= 4 is 23.5 Å². The topological polar surface area (TPSA) is 26.0 Å². The third-order valence-electron chi connectivity index (χ3n) is 3.47. The minimum Gasteiger partial charge on any atom is -0.326 e. The number of nitrogens with two attached hydrogens (primary N) is 1. The highest BCUT2D eigenvalue weighted by Gasteiger charge is 2.29. The summed E-state index contributed by atoms with van der Waals surface area (Å²) < 4.78 is 0. The monoisotopic (exact) mass is 231 g/mol. The van der Waals surface area contributed by atoms with Gasteiger partial charge in [0.2, 0.25) is 0 Å². The average molecular weight is 231 g/mol. The highest BCUT2D eigenvalue weighted by atomic mass is 32.2. The molecule has 1 saturated carbocycles. The second-order valence-corrected chi connectivity index (χ2v) is 6.96. The molecule has 3 heteroatoms. The van der Waals surface area contributed by atoms with Crippen molar-refractivity contribution in [3.05, 3.63) is 0 Å². The van der Waals surface area contributed by atoms with E-state index in [4.69, 9.17) is 5.73 Å². The van der Waals surface area contributed by atoms with Crippen molar-refractivity contribution in [1.29, 1.82) is 0 Å². The van der Waals surface area contributed by atoms with Crippen LogP contribution >= 0.6 is 23.5 Å². The van der Waals surface area contributed by atoms with E-state index >= 15 is 0 Å². The summed E-state index contributed by atoms with van der Waals surface area (Å²) in [7, 11) is 0. The minimum atomic E-state index is 0.480. The summed E-state index contributed by atoms with van der Waals surface area (Å²) in [4.78, 5) is 0. The Kier molecular flexibility index (Phi) is 4.51. The van der Waals surface area contributed by atoms with Gasteiger partial charge in [-0.15, -0.1) is 0 Å². The molecule has 2 rings (SSSR count). The number of thioether (sulfide) groups is 2. The van der Waals surface area contributed by atoms with Crippen LogP contribution in [0.4, 0.5) is 0 Å². The quantitative estimate of drug-likeness (QED) is 0.791. The molecular formula is C11H21NS2. The van der Waals surface area contributed by atoms with Gasteiger partial charge in [-0.1, -0.05) is 19.3 Å². The zero-order valence-electron chi connectivity index (χ0n) is 8.78. The van der Waals surface area contributed by atoms with Gasteiger partial charge >= 0.3 is 0 Å². The normalized spacial score (nSPS) is 32.8. The van der Waals surface area contributed by atoms with E-state index in [2.05, 4.69) is 23.5 Å². The van der Waals surface area contributed by atoms with Gasteiger partial charge in [0.15, 0.2) is 0 Å². The number of hydrogen-bond donors (Lipinski definition) is 1. The summed E-state index contributed by atoms with van der Waals surface area (Å²) in [5.74, 6) is 4.77. The lowest BCUT2D eigenvalue weighted by atomic mass is 9.83. The van der Waals surface area contributed by atoms with E-state index in [1.54, 1.807) is 0 Å². The Morgan fingerprint density at radius 3 is 2.50 bits per heavy atom. The molecule has 2 atom stereocenters. The molecule has 0 spiro atoms. The Labute approximate surface area is 96.0 Å². The lowest BCUT2D eigenvalue weighted by molar-refractivity contribution is 0.304. The molecule has 0 amide bonds. The van der Waals surface area contributed by atoms with Crippen LogP contribution in [0.15, 0.2) is 0 Å². The van der Waals surface area contributed by atoms with Gasteiger partial charge in [0.05, 0.1) is 0 Å². The van der Waals surface area contributed by atoms with Crippen molar-refractivity contribution in [3.63, 3.8) is 0 Å². The second-order valence-electron chi connectivity index (χ2n) is 4.46. The molecule has 2 aliphatic rings. The van der Waals surface area contributed by atoms with Crippen LogP contribution in [0.2, 0.25) is 0 Å². The molecule has 0 aromatic carbocycles. The highest BCUT2D eigenvalue weighted by Crippen LogP contribution is 2.33. The van der Waals surface area contributed by atoms with Crippen LogP contribution in [0.5, 0.6) is 0 Å². The van der Waals surface area contributed by atoms with Crippen LogP contribution in [-0.2, 0) is 0 Å². The van der Waals surface area contributed by atoms with Gasteiger partial charge < -0.3 is 5.73 Å². The molecule has 2 unspecified atom stereocenters. The zero-order chi connectivity index (χ0) is 9.80. The lowest BCUT2D eigenvalue weighted by Gasteiger charge is -2.34. The van der Waals surface area contributed by atoms with Crippen LogP contribution in [0, 0.1) is 5.92 Å². The SMILES string of the molecule is NC(C1CCCCC1)C1CSCCS1. The van der Waals surface area contributed by atoms with Crippen molar-refractivity contribution in [2.75, 3.05) is 17.3 Å². The molecule has 1 heterocycles. The highest BCUT2D eigenvalue weighted by molar-refractivity contribution is 8.06. The first kappa shape index (κ1) is 11.2. The van der Waals surface area contributed by atoms with Crippen molar-refractivity contribution in [2.45, 2.75) is 43.4 Å². The maximum atomic E-state index is 6.39. The summed E-state index contributed by atoms with van der Waals surface area (Å²) in [5, 5.41) is 0.747. The molecule has 0 radical (unpaired) electrons. The molecule has 1 aliphatic heterocycles. The number of rotatable bonds is 2. The van der Waals surface area contributed by atoms with Gasteiger partial charge in [0.1, 0.15) is 0 Å². The van der Waals surface area contributed by atoms with E-state index in [1.165, 1.54) is 49.4 Å². The van der Waals surface area contributed by atoms with Gasteiger partial charge in [-0.3, -0.25) is 0 Å². The van der Waals surface area contributed by atoms with E-state index in [9.17, 15) is 0 Å². The maximum Gasteiger partial charge on any atom is 0.0292 e. The van der Waals surface area contributed by atoms with Crippen molar-refractivity contribution in [1.82, 2.24) is 0 Å². The van der Waals surface area contributed by atoms with Crippen molar-refractivity contribution in [3.8, 4) is 0 Å². The smallest absolute Gasteiger partial charge is 0.0292 e. The molecule has 82 valence electrons. The Bertz CT molecular complexity index is 145. The van der Waals surface area contributed by atoms with Gasteiger partial charge in [-0.05, 0) is 18.8 Å². The average Bonchev–Trinajstić information content (AvgIpc) is 2.30. The molecule has 14 heavy (non-hydrogen) atoms. The third kappa shape index (κ3) is 2.83. The Morgan fingerprint density at radius 2 is 1.86 bits per heavy atom.